The predicted octanol–water partition coefficient (Wildman–Crippen LogP) is 0.981. The van der Waals surface area contributed by atoms with Gasteiger partial charge in [-0.15, -0.1) is 0 Å². The quantitative estimate of drug-likeness (QED) is 0.710. The number of carbonyl (C=O) groups is 2. The summed E-state index contributed by atoms with van der Waals surface area (Å²) in [6, 6.07) is 6.00. The molecule has 20 heavy (non-hydrogen) atoms. The molecule has 104 valence electrons. The summed E-state index contributed by atoms with van der Waals surface area (Å²) in [5, 5.41) is 13.1. The summed E-state index contributed by atoms with van der Waals surface area (Å²) in [7, 11) is 1.30. The Balaban J connectivity index is 2.14. The molecule has 1 aliphatic heterocycles. The Morgan fingerprint density at radius 3 is 2.80 bits per heavy atom. The van der Waals surface area contributed by atoms with Crippen LogP contribution < -0.4 is 5.32 Å². The highest BCUT2D eigenvalue weighted by atomic mass is 16.5. The fourth-order valence-electron chi connectivity index (χ4n) is 2.72. The SMILES string of the molecule is COC(=O)C1Cc2c([nH]c3ccccc23)C(C(=O)O)N1. The predicted molar refractivity (Wildman–Crippen MR) is 71.3 cm³/mol. The minimum Gasteiger partial charge on any atom is -0.480 e. The van der Waals surface area contributed by atoms with Gasteiger partial charge in [0.2, 0.25) is 0 Å². The first kappa shape index (κ1) is 12.7. The van der Waals surface area contributed by atoms with Crippen molar-refractivity contribution in [1.82, 2.24) is 10.3 Å². The van der Waals surface area contributed by atoms with Gasteiger partial charge < -0.3 is 14.8 Å². The molecule has 3 rings (SSSR count). The summed E-state index contributed by atoms with van der Waals surface area (Å²) in [5.74, 6) is -1.47. The summed E-state index contributed by atoms with van der Waals surface area (Å²) >= 11 is 0. The molecule has 3 N–H and O–H groups in total. The van der Waals surface area contributed by atoms with Gasteiger partial charge in [-0.05, 0) is 11.6 Å². The minimum atomic E-state index is -1.02. The fraction of sp³-hybridized carbons (Fsp3) is 0.286. The molecule has 0 aliphatic carbocycles. The van der Waals surface area contributed by atoms with E-state index in [1.807, 2.05) is 24.3 Å². The highest BCUT2D eigenvalue weighted by Gasteiger charge is 2.37. The topological polar surface area (TPSA) is 91.4 Å². The molecule has 6 heteroatoms. The van der Waals surface area contributed by atoms with Crippen molar-refractivity contribution >= 4 is 22.8 Å². The van der Waals surface area contributed by atoms with Gasteiger partial charge >= 0.3 is 11.9 Å². The lowest BCUT2D eigenvalue weighted by Crippen LogP contribution is -2.47. The number of H-pyrrole nitrogens is 1. The first-order valence-electron chi connectivity index (χ1n) is 6.28. The second kappa shape index (κ2) is 4.64. The number of aliphatic carboxylic acids is 1. The third-order valence-electron chi connectivity index (χ3n) is 3.64. The zero-order valence-electron chi connectivity index (χ0n) is 10.8. The molecule has 2 atom stereocenters. The molecule has 6 nitrogen and oxygen atoms in total. The van der Waals surface area contributed by atoms with Gasteiger partial charge in [0, 0.05) is 23.0 Å². The van der Waals surface area contributed by atoms with Crippen LogP contribution in [0.5, 0.6) is 0 Å². The molecule has 1 aromatic carbocycles. The number of nitrogens with one attached hydrogen (secondary N) is 2. The van der Waals surface area contributed by atoms with Gasteiger partial charge in [0.15, 0.2) is 0 Å². The highest BCUT2D eigenvalue weighted by molar-refractivity contribution is 5.90. The molecule has 0 amide bonds. The van der Waals surface area contributed by atoms with Crippen molar-refractivity contribution in [3.63, 3.8) is 0 Å². The van der Waals surface area contributed by atoms with Gasteiger partial charge in [-0.25, -0.2) is 0 Å². The number of carboxylic acid groups (broad SMARTS) is 1. The largest absolute Gasteiger partial charge is 0.480 e. The Hall–Kier alpha value is -2.34. The molecule has 1 aromatic heterocycles. The number of methoxy groups -OCH3 is 1. The number of rotatable bonds is 2. The van der Waals surface area contributed by atoms with Crippen molar-refractivity contribution in [3.8, 4) is 0 Å². The van der Waals surface area contributed by atoms with E-state index >= 15 is 0 Å². The van der Waals surface area contributed by atoms with E-state index < -0.39 is 24.0 Å². The second-order valence-corrected chi connectivity index (χ2v) is 4.78. The van der Waals surface area contributed by atoms with E-state index in [-0.39, 0.29) is 0 Å². The normalized spacial score (nSPS) is 21.4. The summed E-state index contributed by atoms with van der Waals surface area (Å²) in [6.45, 7) is 0. The number of esters is 1. The van der Waals surface area contributed by atoms with Gasteiger partial charge in [-0.1, -0.05) is 18.2 Å². The van der Waals surface area contributed by atoms with Crippen molar-refractivity contribution in [2.75, 3.05) is 7.11 Å². The minimum absolute atomic E-state index is 0.413. The molecule has 0 spiro atoms. The molecule has 0 saturated heterocycles. The maximum atomic E-state index is 11.7. The van der Waals surface area contributed by atoms with Crippen molar-refractivity contribution in [2.45, 2.75) is 18.5 Å². The molecule has 0 bridgehead atoms. The molecule has 1 aliphatic rings. The molecule has 2 unspecified atom stereocenters. The maximum absolute atomic E-state index is 11.7. The van der Waals surface area contributed by atoms with Gasteiger partial charge in [-0.3, -0.25) is 14.9 Å². The molecular formula is C14H14N2O4. The number of benzene rings is 1. The standard InChI is InChI=1S/C14H14N2O4/c1-20-14(19)10-6-8-7-4-2-3-5-9(7)15-11(8)12(16-10)13(17)18/h2-5,10,12,15-16H,6H2,1H3,(H,17,18). The Kier molecular flexibility index (Phi) is 2.94. The number of para-hydroxylation sites is 1. The van der Waals surface area contributed by atoms with Crippen molar-refractivity contribution in [2.24, 2.45) is 0 Å². The average molecular weight is 274 g/mol. The van der Waals surface area contributed by atoms with Crippen LogP contribution in [0.4, 0.5) is 0 Å². The van der Waals surface area contributed by atoms with E-state index in [1.165, 1.54) is 7.11 Å². The van der Waals surface area contributed by atoms with Crippen LogP contribution in [-0.4, -0.2) is 35.2 Å². The van der Waals surface area contributed by atoms with Crippen LogP contribution in [0.2, 0.25) is 0 Å². The fourth-order valence-corrected chi connectivity index (χ4v) is 2.72. The molecule has 0 saturated carbocycles. The first-order chi connectivity index (χ1) is 9.61. The van der Waals surface area contributed by atoms with Gasteiger partial charge in [-0.2, -0.15) is 0 Å². The van der Waals surface area contributed by atoms with Crippen LogP contribution in [0, 0.1) is 0 Å². The summed E-state index contributed by atoms with van der Waals surface area (Å²) in [6.07, 6.45) is 0.413. The van der Waals surface area contributed by atoms with Gasteiger partial charge in [0.05, 0.1) is 7.11 Å². The van der Waals surface area contributed by atoms with Crippen LogP contribution >= 0.6 is 0 Å². The Morgan fingerprint density at radius 1 is 1.35 bits per heavy atom. The van der Waals surface area contributed by atoms with E-state index in [1.54, 1.807) is 0 Å². The number of aromatic amines is 1. The lowest BCUT2D eigenvalue weighted by Gasteiger charge is -2.27. The smallest absolute Gasteiger partial charge is 0.326 e. The van der Waals surface area contributed by atoms with E-state index in [9.17, 15) is 14.7 Å². The first-order valence-corrected chi connectivity index (χ1v) is 6.28. The molecule has 2 aromatic rings. The van der Waals surface area contributed by atoms with Crippen LogP contribution in [0.1, 0.15) is 17.3 Å². The van der Waals surface area contributed by atoms with Crippen LogP contribution in [-0.2, 0) is 20.7 Å². The van der Waals surface area contributed by atoms with E-state index in [0.29, 0.717) is 12.1 Å². The van der Waals surface area contributed by atoms with Crippen LogP contribution in [0.15, 0.2) is 24.3 Å². The molecule has 2 heterocycles. The Morgan fingerprint density at radius 2 is 2.10 bits per heavy atom. The van der Waals surface area contributed by atoms with E-state index in [0.717, 1.165) is 16.5 Å². The number of ether oxygens (including phenoxy) is 1. The lowest BCUT2D eigenvalue weighted by molar-refractivity contribution is -0.145. The summed E-state index contributed by atoms with van der Waals surface area (Å²) in [5.41, 5.74) is 2.34. The van der Waals surface area contributed by atoms with Crippen molar-refractivity contribution < 1.29 is 19.4 Å². The number of hydrogen-bond acceptors (Lipinski definition) is 4. The number of fused-ring (bicyclic) bond motifs is 3. The summed E-state index contributed by atoms with van der Waals surface area (Å²) in [4.78, 5) is 26.3. The summed E-state index contributed by atoms with van der Waals surface area (Å²) < 4.78 is 4.72. The van der Waals surface area contributed by atoms with Gasteiger partial charge in [0.1, 0.15) is 12.1 Å². The zero-order valence-corrected chi connectivity index (χ0v) is 10.8. The third-order valence-corrected chi connectivity index (χ3v) is 3.64. The Labute approximate surface area is 114 Å². The van der Waals surface area contributed by atoms with Crippen molar-refractivity contribution in [3.05, 3.63) is 35.5 Å². The number of hydrogen-bond donors (Lipinski definition) is 3. The van der Waals surface area contributed by atoms with Crippen LogP contribution in [0.3, 0.4) is 0 Å². The number of carbonyl (C=O) groups excluding carboxylic acids is 1. The number of carboxylic acids is 1. The monoisotopic (exact) mass is 274 g/mol. The third kappa shape index (κ3) is 1.85. The zero-order chi connectivity index (χ0) is 14.3. The van der Waals surface area contributed by atoms with Crippen LogP contribution in [0.25, 0.3) is 10.9 Å². The average Bonchev–Trinajstić information content (AvgIpc) is 2.83. The highest BCUT2D eigenvalue weighted by Crippen LogP contribution is 2.32. The Bertz CT molecular complexity index is 692. The maximum Gasteiger partial charge on any atom is 0.326 e. The molecule has 0 radical (unpaired) electrons. The molecule has 0 fully saturated rings. The van der Waals surface area contributed by atoms with E-state index in [2.05, 4.69) is 10.3 Å². The van der Waals surface area contributed by atoms with Crippen molar-refractivity contribution in [1.29, 1.82) is 0 Å². The lowest BCUT2D eigenvalue weighted by atomic mass is 9.94. The number of aromatic nitrogens is 1. The van der Waals surface area contributed by atoms with E-state index in [4.69, 9.17) is 4.74 Å². The second-order valence-electron chi connectivity index (χ2n) is 4.78. The van der Waals surface area contributed by atoms with Gasteiger partial charge in [0.25, 0.3) is 0 Å². The molecular weight excluding hydrogens is 260 g/mol.